The first-order valence-electron chi connectivity index (χ1n) is 22.8. The summed E-state index contributed by atoms with van der Waals surface area (Å²) < 4.78 is 21.3. The molecule has 3 aromatic carbocycles. The number of fused-ring (bicyclic) bond motifs is 6. The quantitative estimate of drug-likeness (QED) is 0.0624. The van der Waals surface area contributed by atoms with Crippen molar-refractivity contribution in [2.45, 2.75) is 70.6 Å². The second kappa shape index (κ2) is 20.0. The standard InChI is InChI=1S/C51H58N8O8/c1-8-20-58(48(60)43(29(2)3)56-50(62)65-6)30(4)46-53-39-19-17-33-24-38-36-18-16-34(23-35(36)28-67-42(38)25-37(33)45(39)55-46)40-26-52-47(54-40)41-22-31(13-12-21-64-5)27-59(41)49(61)44(57-51(63)66-7)32-14-10-9-11-15-32/h9-11,13-19,21,23-26,29-31,35-36,41,43-44H,8,20,22,27-28H2,1-7H3,(H,52,54)(H,53,55)(H,56,62)(H,57,63)/t12?,30-,31?,35?,36?,41-,43-,44+/m0/s1. The van der Waals surface area contributed by atoms with E-state index in [9.17, 15) is 19.2 Å². The van der Waals surface area contributed by atoms with Gasteiger partial charge in [-0.25, -0.2) is 19.6 Å². The van der Waals surface area contributed by atoms with Gasteiger partial charge in [-0.15, -0.1) is 0 Å². The lowest BCUT2D eigenvalue weighted by atomic mass is 9.78. The lowest BCUT2D eigenvalue weighted by Gasteiger charge is -2.33. The van der Waals surface area contributed by atoms with Gasteiger partial charge in [-0.2, -0.15) is 0 Å². The van der Waals surface area contributed by atoms with Crippen LogP contribution in [0.5, 0.6) is 5.75 Å². The Balaban J connectivity index is 1.03. The fourth-order valence-electron chi connectivity index (χ4n) is 9.46. The van der Waals surface area contributed by atoms with Crippen LogP contribution >= 0.6 is 0 Å². The summed E-state index contributed by atoms with van der Waals surface area (Å²) in [5, 5.41) is 7.41. The number of methoxy groups -OCH3 is 3. The molecular formula is C51H58N8O8. The van der Waals surface area contributed by atoms with Gasteiger partial charge in [-0.3, -0.25) is 9.59 Å². The van der Waals surface area contributed by atoms with Gasteiger partial charge in [-0.1, -0.05) is 81.1 Å². The molecule has 16 nitrogen and oxygen atoms in total. The Labute approximate surface area is 389 Å². The molecule has 0 saturated carbocycles. The van der Waals surface area contributed by atoms with Crippen LogP contribution < -0.4 is 15.4 Å². The van der Waals surface area contributed by atoms with Crippen molar-refractivity contribution in [3.8, 4) is 5.75 Å². The molecule has 0 spiro atoms. The van der Waals surface area contributed by atoms with Crippen molar-refractivity contribution < 1.29 is 38.1 Å². The molecule has 1 aliphatic carbocycles. The van der Waals surface area contributed by atoms with E-state index in [1.165, 1.54) is 20.5 Å². The number of rotatable bonds is 14. The van der Waals surface area contributed by atoms with Crippen LogP contribution in [0.25, 0.3) is 27.4 Å². The van der Waals surface area contributed by atoms with E-state index in [0.29, 0.717) is 43.3 Å². The maximum absolute atomic E-state index is 14.4. The van der Waals surface area contributed by atoms with Crippen LogP contribution in [0.15, 0.2) is 97.1 Å². The lowest BCUT2D eigenvalue weighted by molar-refractivity contribution is -0.137. The number of carbonyl (C=O) groups is 4. The van der Waals surface area contributed by atoms with E-state index in [1.807, 2.05) is 58.0 Å². The highest BCUT2D eigenvalue weighted by Crippen LogP contribution is 2.45. The third kappa shape index (κ3) is 9.53. The van der Waals surface area contributed by atoms with Gasteiger partial charge in [0.1, 0.15) is 35.7 Å². The molecule has 16 heteroatoms. The minimum atomic E-state index is -0.970. The summed E-state index contributed by atoms with van der Waals surface area (Å²) in [6, 6.07) is 14.9. The minimum absolute atomic E-state index is 0.0454. The van der Waals surface area contributed by atoms with Crippen molar-refractivity contribution in [2.24, 2.45) is 17.8 Å². The van der Waals surface area contributed by atoms with Crippen molar-refractivity contribution in [2.75, 3.05) is 41.0 Å². The Morgan fingerprint density at radius 3 is 2.52 bits per heavy atom. The number of ether oxygens (including phenoxy) is 4. The van der Waals surface area contributed by atoms with Gasteiger partial charge in [0, 0.05) is 41.8 Å². The van der Waals surface area contributed by atoms with Crippen molar-refractivity contribution in [1.82, 2.24) is 40.4 Å². The second-order valence-corrected chi connectivity index (χ2v) is 17.6. The van der Waals surface area contributed by atoms with Gasteiger partial charge < -0.3 is 49.3 Å². The third-order valence-electron chi connectivity index (χ3n) is 12.9. The predicted molar refractivity (Wildman–Crippen MR) is 253 cm³/mol. The number of benzene rings is 3. The maximum Gasteiger partial charge on any atom is 0.407 e. The largest absolute Gasteiger partial charge is 0.496 e. The number of aromatic amines is 2. The average Bonchev–Trinajstić information content (AvgIpc) is 4.12. The number of hydrogen-bond acceptors (Lipinski definition) is 10. The number of nitrogens with one attached hydrogen (secondary N) is 4. The van der Waals surface area contributed by atoms with E-state index in [0.717, 1.165) is 50.8 Å². The number of imidazole rings is 2. The highest BCUT2D eigenvalue weighted by atomic mass is 16.5. The highest BCUT2D eigenvalue weighted by Gasteiger charge is 2.41. The van der Waals surface area contributed by atoms with E-state index < -0.39 is 36.4 Å². The predicted octanol–water partition coefficient (Wildman–Crippen LogP) is 8.17. The molecule has 8 rings (SSSR count). The second-order valence-electron chi connectivity index (χ2n) is 17.6. The maximum atomic E-state index is 14.4. The molecule has 350 valence electrons. The van der Waals surface area contributed by atoms with E-state index in [2.05, 4.69) is 62.8 Å². The van der Waals surface area contributed by atoms with E-state index in [-0.39, 0.29) is 35.5 Å². The Kier molecular flexibility index (Phi) is 13.8. The number of aromatic nitrogens is 4. The highest BCUT2D eigenvalue weighted by molar-refractivity contribution is 6.05. The van der Waals surface area contributed by atoms with Crippen molar-refractivity contribution >= 4 is 51.4 Å². The van der Waals surface area contributed by atoms with E-state index >= 15 is 0 Å². The van der Waals surface area contributed by atoms with Gasteiger partial charge in [0.05, 0.1) is 62.9 Å². The molecule has 4 heterocycles. The molecule has 0 radical (unpaired) electrons. The molecule has 2 aromatic heterocycles. The van der Waals surface area contributed by atoms with Crippen molar-refractivity contribution in [1.29, 1.82) is 0 Å². The topological polar surface area (TPSA) is 193 Å². The first-order valence-corrected chi connectivity index (χ1v) is 22.8. The summed E-state index contributed by atoms with van der Waals surface area (Å²) in [6.45, 7) is 9.08. The fraction of sp³-hybridized carbons (Fsp3) is 0.392. The van der Waals surface area contributed by atoms with Crippen LogP contribution in [0.3, 0.4) is 0 Å². The third-order valence-corrected chi connectivity index (χ3v) is 12.9. The molecule has 2 aliphatic heterocycles. The van der Waals surface area contributed by atoms with Gasteiger partial charge >= 0.3 is 12.2 Å². The van der Waals surface area contributed by atoms with Crippen LogP contribution in [-0.2, 0) is 23.8 Å². The first kappa shape index (κ1) is 46.2. The zero-order chi connectivity index (χ0) is 47.4. The summed E-state index contributed by atoms with van der Waals surface area (Å²) in [7, 11) is 4.11. The number of allylic oxidation sites excluding steroid dienone is 3. The monoisotopic (exact) mass is 910 g/mol. The van der Waals surface area contributed by atoms with Gasteiger partial charge in [-0.05, 0) is 66.5 Å². The smallest absolute Gasteiger partial charge is 0.407 e. The van der Waals surface area contributed by atoms with Crippen molar-refractivity contribution in [3.05, 3.63) is 126 Å². The molecule has 4 amide bonds. The summed E-state index contributed by atoms with van der Waals surface area (Å²) in [5.74, 6) is 1.51. The van der Waals surface area contributed by atoms with Gasteiger partial charge in [0.15, 0.2) is 0 Å². The van der Waals surface area contributed by atoms with E-state index in [4.69, 9.17) is 28.9 Å². The molecule has 3 aliphatic rings. The first-order chi connectivity index (χ1) is 32.4. The summed E-state index contributed by atoms with van der Waals surface area (Å²) in [4.78, 5) is 73.4. The number of alkyl carbamates (subject to hydrolysis) is 2. The number of H-pyrrole nitrogens is 2. The Bertz CT molecular complexity index is 2770. The molecule has 3 unspecified atom stereocenters. The Morgan fingerprint density at radius 1 is 1.01 bits per heavy atom. The average molecular weight is 911 g/mol. The van der Waals surface area contributed by atoms with Gasteiger partial charge in [0.2, 0.25) is 5.91 Å². The SMILES string of the molecule is CCCN(C(=O)[C@@H](NC(=O)OC)C(C)C)[C@@H](C)c1nc2c(ccc3cc4c(cc32)OCC2C=C(c3cnc([C@@H]5CC(C=C=COC)CN5C(=O)[C@H](NC(=O)OC)c5ccccc5)[nH]3)C=CC42)[nH]1. The van der Waals surface area contributed by atoms with E-state index in [1.54, 1.807) is 35.2 Å². The van der Waals surface area contributed by atoms with Crippen LogP contribution in [0.4, 0.5) is 9.59 Å². The fourth-order valence-corrected chi connectivity index (χ4v) is 9.46. The van der Waals surface area contributed by atoms with Crippen LogP contribution in [-0.4, -0.2) is 101 Å². The summed E-state index contributed by atoms with van der Waals surface area (Å²) >= 11 is 0. The van der Waals surface area contributed by atoms with Crippen LogP contribution in [0.2, 0.25) is 0 Å². The number of likely N-dealkylation sites (tertiary alicyclic amines) is 1. The minimum Gasteiger partial charge on any atom is -0.496 e. The molecule has 4 N–H and O–H groups in total. The van der Waals surface area contributed by atoms with Gasteiger partial charge in [0.25, 0.3) is 5.91 Å². The molecule has 0 bridgehead atoms. The lowest BCUT2D eigenvalue weighted by Crippen LogP contribution is -2.52. The molecular weight excluding hydrogens is 853 g/mol. The Hall–Kier alpha value is -7.32. The normalized spacial score (nSPS) is 19.8. The zero-order valence-electron chi connectivity index (χ0n) is 38.9. The number of hydrogen-bond donors (Lipinski definition) is 4. The summed E-state index contributed by atoms with van der Waals surface area (Å²) in [6.07, 6.45) is 11.7. The summed E-state index contributed by atoms with van der Waals surface area (Å²) in [5.41, 5.74) is 8.19. The number of nitrogens with zero attached hydrogens (tertiary/aromatic N) is 4. The molecule has 1 fully saturated rings. The zero-order valence-corrected chi connectivity index (χ0v) is 38.9. The molecule has 5 aromatic rings. The molecule has 67 heavy (non-hydrogen) atoms. The molecule has 1 saturated heterocycles. The van der Waals surface area contributed by atoms with Crippen LogP contribution in [0.1, 0.15) is 93.0 Å². The number of amides is 4. The van der Waals surface area contributed by atoms with Crippen LogP contribution in [0, 0.1) is 17.8 Å². The van der Waals surface area contributed by atoms with Crippen molar-refractivity contribution in [3.63, 3.8) is 0 Å². The Morgan fingerprint density at radius 2 is 1.79 bits per heavy atom. The number of carbonyl (C=O) groups excluding carboxylic acids is 4. The molecule has 7 atom stereocenters.